The number of urea groups is 1. The lowest BCUT2D eigenvalue weighted by molar-refractivity contribution is -0.131. The summed E-state index contributed by atoms with van der Waals surface area (Å²) in [6.07, 6.45) is 7.43. The highest BCUT2D eigenvalue weighted by Crippen LogP contribution is 2.34. The van der Waals surface area contributed by atoms with Crippen LogP contribution >= 0.6 is 0 Å². The first-order valence-corrected chi connectivity index (χ1v) is 9.36. The zero-order valence-electron chi connectivity index (χ0n) is 15.3. The van der Waals surface area contributed by atoms with Gasteiger partial charge in [0.25, 0.3) is 11.8 Å². The molecule has 1 saturated heterocycles. The van der Waals surface area contributed by atoms with E-state index < -0.39 is 5.54 Å². The highest BCUT2D eigenvalue weighted by Gasteiger charge is 2.51. The molecule has 2 fully saturated rings. The first-order valence-electron chi connectivity index (χ1n) is 9.36. The summed E-state index contributed by atoms with van der Waals surface area (Å²) in [6, 6.07) is 3.54. The van der Waals surface area contributed by atoms with Crippen molar-refractivity contribution in [3.63, 3.8) is 0 Å². The summed E-state index contributed by atoms with van der Waals surface area (Å²) in [5, 5.41) is 5.67. The molecule has 27 heavy (non-hydrogen) atoms. The molecule has 2 aromatic rings. The van der Waals surface area contributed by atoms with Gasteiger partial charge in [-0.05, 0) is 43.9 Å². The highest BCUT2D eigenvalue weighted by molar-refractivity contribution is 6.07. The molecule has 2 aliphatic rings. The molecule has 8 nitrogen and oxygen atoms in total. The first kappa shape index (κ1) is 17.5. The number of amides is 4. The number of pyridine rings is 1. The van der Waals surface area contributed by atoms with Crippen LogP contribution in [0.5, 0.6) is 0 Å². The van der Waals surface area contributed by atoms with E-state index >= 15 is 0 Å². The lowest BCUT2D eigenvalue weighted by Gasteiger charge is -2.20. The number of aromatic nitrogens is 2. The van der Waals surface area contributed by atoms with Crippen molar-refractivity contribution < 1.29 is 14.4 Å². The lowest BCUT2D eigenvalue weighted by Crippen LogP contribution is -2.44. The zero-order chi connectivity index (χ0) is 19.0. The standard InChI is InChI=1S/C19H23N5O3/c1-13-5-10-23-12-14(21-15(23)11-13)16(25)20-8-4-9-24-17(26)19(22-18(24)27)6-2-3-7-19/h5,10-12H,2-4,6-9H2,1H3,(H,20,25)(H,22,27). The molecule has 0 bridgehead atoms. The van der Waals surface area contributed by atoms with Gasteiger partial charge in [0.05, 0.1) is 0 Å². The van der Waals surface area contributed by atoms with E-state index in [0.717, 1.165) is 36.9 Å². The number of carbonyl (C=O) groups excluding carboxylic acids is 3. The van der Waals surface area contributed by atoms with Gasteiger partial charge < -0.3 is 15.0 Å². The second kappa shape index (κ2) is 6.68. The molecule has 0 radical (unpaired) electrons. The maximum absolute atomic E-state index is 12.6. The van der Waals surface area contributed by atoms with Crippen molar-refractivity contribution in [2.45, 2.75) is 44.6 Å². The van der Waals surface area contributed by atoms with E-state index in [9.17, 15) is 14.4 Å². The van der Waals surface area contributed by atoms with Crippen LogP contribution in [0.3, 0.4) is 0 Å². The Morgan fingerprint density at radius 1 is 1.33 bits per heavy atom. The third-order valence-corrected chi connectivity index (χ3v) is 5.40. The Morgan fingerprint density at radius 3 is 2.89 bits per heavy atom. The number of imidazole rings is 1. The molecule has 1 spiro atoms. The van der Waals surface area contributed by atoms with Gasteiger partial charge in [0, 0.05) is 25.5 Å². The number of imide groups is 1. The van der Waals surface area contributed by atoms with Crippen LogP contribution in [0.1, 0.15) is 48.2 Å². The average Bonchev–Trinajstić information content (AvgIpc) is 3.32. The summed E-state index contributed by atoms with van der Waals surface area (Å²) < 4.78 is 1.80. The van der Waals surface area contributed by atoms with Crippen LogP contribution in [0, 0.1) is 6.92 Å². The van der Waals surface area contributed by atoms with Crippen LogP contribution in [0.15, 0.2) is 24.5 Å². The largest absolute Gasteiger partial charge is 0.351 e. The minimum atomic E-state index is -0.672. The second-order valence-electron chi connectivity index (χ2n) is 7.38. The summed E-state index contributed by atoms with van der Waals surface area (Å²) in [5.74, 6) is -0.382. The highest BCUT2D eigenvalue weighted by atomic mass is 16.2. The Morgan fingerprint density at radius 2 is 2.11 bits per heavy atom. The van der Waals surface area contributed by atoms with Crippen molar-refractivity contribution in [3.8, 4) is 0 Å². The van der Waals surface area contributed by atoms with Crippen LogP contribution < -0.4 is 10.6 Å². The van der Waals surface area contributed by atoms with E-state index in [2.05, 4.69) is 15.6 Å². The molecule has 4 amide bonds. The number of aryl methyl sites for hydroxylation is 1. The van der Waals surface area contributed by atoms with Gasteiger partial charge in [-0.3, -0.25) is 14.5 Å². The van der Waals surface area contributed by atoms with E-state index in [4.69, 9.17) is 0 Å². The second-order valence-corrected chi connectivity index (χ2v) is 7.38. The molecule has 3 heterocycles. The van der Waals surface area contributed by atoms with Crippen LogP contribution in [-0.2, 0) is 4.79 Å². The van der Waals surface area contributed by atoms with Gasteiger partial charge in [-0.25, -0.2) is 9.78 Å². The van der Waals surface area contributed by atoms with Gasteiger partial charge in [-0.2, -0.15) is 0 Å². The van der Waals surface area contributed by atoms with Crippen molar-refractivity contribution in [3.05, 3.63) is 35.8 Å². The Hall–Kier alpha value is -2.90. The maximum Gasteiger partial charge on any atom is 0.325 e. The average molecular weight is 369 g/mol. The van der Waals surface area contributed by atoms with Crippen LogP contribution in [0.2, 0.25) is 0 Å². The Kier molecular flexibility index (Phi) is 4.33. The fourth-order valence-corrected chi connectivity index (χ4v) is 3.92. The number of nitrogens with one attached hydrogen (secondary N) is 2. The van der Waals surface area contributed by atoms with Crippen molar-refractivity contribution in [1.82, 2.24) is 24.9 Å². The smallest absolute Gasteiger partial charge is 0.325 e. The summed E-state index contributed by atoms with van der Waals surface area (Å²) in [5.41, 5.74) is 1.48. The topological polar surface area (TPSA) is 95.8 Å². The van der Waals surface area contributed by atoms with E-state index in [-0.39, 0.29) is 17.8 Å². The van der Waals surface area contributed by atoms with Gasteiger partial charge in [0.2, 0.25) is 0 Å². The quantitative estimate of drug-likeness (QED) is 0.618. The predicted molar refractivity (Wildman–Crippen MR) is 98.3 cm³/mol. The van der Waals surface area contributed by atoms with Crippen molar-refractivity contribution >= 4 is 23.5 Å². The molecule has 2 aromatic heterocycles. The van der Waals surface area contributed by atoms with E-state index in [1.165, 1.54) is 4.90 Å². The first-order chi connectivity index (χ1) is 13.0. The number of carbonyl (C=O) groups is 3. The molecule has 1 aliphatic heterocycles. The molecule has 142 valence electrons. The van der Waals surface area contributed by atoms with E-state index in [1.807, 2.05) is 25.3 Å². The summed E-state index contributed by atoms with van der Waals surface area (Å²) >= 11 is 0. The maximum atomic E-state index is 12.6. The Balaban J connectivity index is 1.30. The molecule has 1 aliphatic carbocycles. The summed E-state index contributed by atoms with van der Waals surface area (Å²) in [6.45, 7) is 2.65. The fourth-order valence-electron chi connectivity index (χ4n) is 3.92. The fraction of sp³-hybridized carbons (Fsp3) is 0.474. The number of rotatable bonds is 5. The Labute approximate surface area is 156 Å². The minimum absolute atomic E-state index is 0.118. The minimum Gasteiger partial charge on any atom is -0.351 e. The van der Waals surface area contributed by atoms with Gasteiger partial charge in [0.1, 0.15) is 16.9 Å². The number of hydrogen-bond acceptors (Lipinski definition) is 4. The van der Waals surface area contributed by atoms with Gasteiger partial charge >= 0.3 is 6.03 Å². The summed E-state index contributed by atoms with van der Waals surface area (Å²) in [7, 11) is 0. The molecule has 2 N–H and O–H groups in total. The number of fused-ring (bicyclic) bond motifs is 1. The zero-order valence-corrected chi connectivity index (χ0v) is 15.3. The van der Waals surface area contributed by atoms with E-state index in [1.54, 1.807) is 10.6 Å². The SMILES string of the molecule is Cc1ccn2cc(C(=O)NCCCN3C(=O)NC4(CCCC4)C3=O)nc2c1. The van der Waals surface area contributed by atoms with Crippen LogP contribution in [-0.4, -0.2) is 50.8 Å². The molecule has 8 heteroatoms. The van der Waals surface area contributed by atoms with E-state index in [0.29, 0.717) is 25.2 Å². The molecular formula is C19H23N5O3. The van der Waals surface area contributed by atoms with Gasteiger partial charge in [-0.15, -0.1) is 0 Å². The van der Waals surface area contributed by atoms with Gasteiger partial charge in [0.15, 0.2) is 0 Å². The molecule has 0 atom stereocenters. The van der Waals surface area contributed by atoms with Crippen LogP contribution in [0.4, 0.5) is 4.79 Å². The molecule has 0 unspecified atom stereocenters. The molecule has 4 rings (SSSR count). The summed E-state index contributed by atoms with van der Waals surface area (Å²) in [4.78, 5) is 42.6. The molecule has 0 aromatic carbocycles. The van der Waals surface area contributed by atoms with Crippen molar-refractivity contribution in [2.24, 2.45) is 0 Å². The lowest BCUT2D eigenvalue weighted by atomic mass is 9.98. The monoisotopic (exact) mass is 369 g/mol. The third-order valence-electron chi connectivity index (χ3n) is 5.40. The van der Waals surface area contributed by atoms with Gasteiger partial charge in [-0.1, -0.05) is 12.8 Å². The third kappa shape index (κ3) is 3.15. The number of hydrogen-bond donors (Lipinski definition) is 2. The normalized spacial score (nSPS) is 18.5. The predicted octanol–water partition coefficient (Wildman–Crippen LogP) is 1.63. The van der Waals surface area contributed by atoms with Crippen LogP contribution in [0.25, 0.3) is 5.65 Å². The van der Waals surface area contributed by atoms with Crippen molar-refractivity contribution in [1.29, 1.82) is 0 Å². The van der Waals surface area contributed by atoms with Crippen molar-refractivity contribution in [2.75, 3.05) is 13.1 Å². The molecule has 1 saturated carbocycles. The number of nitrogens with zero attached hydrogens (tertiary/aromatic N) is 3. The molecular weight excluding hydrogens is 346 g/mol. The Bertz CT molecular complexity index is 913.